The molecule has 1 saturated carbocycles. The third kappa shape index (κ3) is 1.95. The van der Waals surface area contributed by atoms with Gasteiger partial charge in [0.2, 0.25) is 0 Å². The van der Waals surface area contributed by atoms with E-state index in [9.17, 15) is 9.59 Å². The Labute approximate surface area is 106 Å². The van der Waals surface area contributed by atoms with E-state index >= 15 is 0 Å². The standard InChI is InChI=1S/C11H9ClN4O2/c12-9-6(5-1-2-5)3-8(15-16-9)7-4-13-11(18)14-10(7)17/h3-5H,1-2H2,(H2,13,14,17,18). The summed E-state index contributed by atoms with van der Waals surface area (Å²) >= 11 is 5.97. The molecule has 0 aliphatic heterocycles. The minimum absolute atomic E-state index is 0.278. The molecule has 0 amide bonds. The summed E-state index contributed by atoms with van der Waals surface area (Å²) in [5, 5.41) is 8.11. The second kappa shape index (κ2) is 4.06. The molecule has 3 rings (SSSR count). The summed E-state index contributed by atoms with van der Waals surface area (Å²) in [4.78, 5) is 27.1. The summed E-state index contributed by atoms with van der Waals surface area (Å²) < 4.78 is 0. The molecule has 0 atom stereocenters. The number of hydrogen-bond acceptors (Lipinski definition) is 4. The number of aromatic amines is 2. The Kier molecular flexibility index (Phi) is 2.52. The molecular weight excluding hydrogens is 256 g/mol. The highest BCUT2D eigenvalue weighted by Crippen LogP contribution is 2.43. The zero-order chi connectivity index (χ0) is 12.7. The summed E-state index contributed by atoms with van der Waals surface area (Å²) in [5.41, 5.74) is 0.567. The topological polar surface area (TPSA) is 91.5 Å². The molecule has 2 aromatic heterocycles. The summed E-state index contributed by atoms with van der Waals surface area (Å²) in [5.74, 6) is 0.411. The second-order valence-electron chi connectivity index (χ2n) is 4.24. The maximum absolute atomic E-state index is 11.6. The van der Waals surface area contributed by atoms with Crippen molar-refractivity contribution in [2.24, 2.45) is 0 Å². The van der Waals surface area contributed by atoms with Crippen LogP contribution in [0.25, 0.3) is 11.3 Å². The first-order valence-electron chi connectivity index (χ1n) is 5.50. The van der Waals surface area contributed by atoms with Crippen molar-refractivity contribution in [2.45, 2.75) is 18.8 Å². The van der Waals surface area contributed by atoms with Crippen molar-refractivity contribution in [3.63, 3.8) is 0 Å². The Morgan fingerprint density at radius 1 is 1.28 bits per heavy atom. The molecule has 1 fully saturated rings. The molecule has 18 heavy (non-hydrogen) atoms. The fourth-order valence-corrected chi connectivity index (χ4v) is 2.05. The van der Waals surface area contributed by atoms with E-state index in [0.717, 1.165) is 18.4 Å². The number of H-pyrrole nitrogens is 2. The highest BCUT2D eigenvalue weighted by Gasteiger charge is 2.27. The van der Waals surface area contributed by atoms with Gasteiger partial charge in [-0.1, -0.05) is 11.6 Å². The smallest absolute Gasteiger partial charge is 0.313 e. The Morgan fingerprint density at radius 2 is 2.06 bits per heavy atom. The molecule has 1 aliphatic carbocycles. The van der Waals surface area contributed by atoms with Gasteiger partial charge in [0.25, 0.3) is 5.56 Å². The molecule has 0 spiro atoms. The van der Waals surface area contributed by atoms with Crippen molar-refractivity contribution in [3.05, 3.63) is 43.8 Å². The lowest BCUT2D eigenvalue weighted by Gasteiger charge is -2.03. The van der Waals surface area contributed by atoms with E-state index in [1.165, 1.54) is 6.20 Å². The molecule has 0 bridgehead atoms. The molecule has 92 valence electrons. The van der Waals surface area contributed by atoms with E-state index in [1.54, 1.807) is 6.07 Å². The van der Waals surface area contributed by atoms with E-state index in [1.807, 2.05) is 0 Å². The largest absolute Gasteiger partial charge is 0.325 e. The van der Waals surface area contributed by atoms with Crippen LogP contribution in [0.15, 0.2) is 21.9 Å². The van der Waals surface area contributed by atoms with Gasteiger partial charge in [0, 0.05) is 6.20 Å². The van der Waals surface area contributed by atoms with Gasteiger partial charge in [-0.25, -0.2) is 4.79 Å². The van der Waals surface area contributed by atoms with Crippen molar-refractivity contribution in [1.29, 1.82) is 0 Å². The zero-order valence-electron chi connectivity index (χ0n) is 9.24. The first-order chi connectivity index (χ1) is 8.65. The SMILES string of the molecule is O=c1[nH]cc(-c2cc(C3CC3)c(Cl)nn2)c(=O)[nH]1. The first-order valence-corrected chi connectivity index (χ1v) is 5.88. The average molecular weight is 265 g/mol. The molecule has 1 aliphatic rings. The van der Waals surface area contributed by atoms with E-state index in [-0.39, 0.29) is 5.56 Å². The van der Waals surface area contributed by atoms with Crippen molar-refractivity contribution in [3.8, 4) is 11.3 Å². The van der Waals surface area contributed by atoms with Crippen LogP contribution in [0.4, 0.5) is 0 Å². The van der Waals surface area contributed by atoms with Gasteiger partial charge in [0.15, 0.2) is 5.15 Å². The molecule has 0 saturated heterocycles. The second-order valence-corrected chi connectivity index (χ2v) is 4.59. The Morgan fingerprint density at radius 3 is 2.72 bits per heavy atom. The third-order valence-electron chi connectivity index (χ3n) is 2.89. The van der Waals surface area contributed by atoms with Crippen molar-refractivity contribution in [2.75, 3.05) is 0 Å². The van der Waals surface area contributed by atoms with Crippen LogP contribution >= 0.6 is 11.6 Å². The lowest BCUT2D eigenvalue weighted by Crippen LogP contribution is -2.22. The maximum Gasteiger partial charge on any atom is 0.325 e. The molecular formula is C11H9ClN4O2. The molecule has 0 unspecified atom stereocenters. The van der Waals surface area contributed by atoms with Crippen LogP contribution in [0, 0.1) is 0 Å². The van der Waals surface area contributed by atoms with Crippen LogP contribution in [0.2, 0.25) is 5.15 Å². The summed E-state index contributed by atoms with van der Waals surface area (Å²) in [6.45, 7) is 0. The fraction of sp³-hybridized carbons (Fsp3) is 0.273. The van der Waals surface area contributed by atoms with Gasteiger partial charge in [-0.05, 0) is 30.4 Å². The van der Waals surface area contributed by atoms with E-state index in [0.29, 0.717) is 16.8 Å². The summed E-state index contributed by atoms with van der Waals surface area (Å²) in [6, 6.07) is 1.76. The molecule has 2 N–H and O–H groups in total. The van der Waals surface area contributed by atoms with Gasteiger partial charge in [0.1, 0.15) is 5.69 Å². The van der Waals surface area contributed by atoms with Gasteiger partial charge in [-0.15, -0.1) is 10.2 Å². The van der Waals surface area contributed by atoms with Gasteiger partial charge in [0.05, 0.1) is 5.56 Å². The van der Waals surface area contributed by atoms with Crippen LogP contribution in [0.3, 0.4) is 0 Å². The monoisotopic (exact) mass is 264 g/mol. The average Bonchev–Trinajstić information content (AvgIpc) is 3.14. The van der Waals surface area contributed by atoms with E-state index < -0.39 is 11.2 Å². The van der Waals surface area contributed by atoms with Crippen LogP contribution in [0.5, 0.6) is 0 Å². The minimum Gasteiger partial charge on any atom is -0.313 e. The first kappa shape index (κ1) is 11.2. The van der Waals surface area contributed by atoms with Crippen LogP contribution < -0.4 is 11.2 Å². The van der Waals surface area contributed by atoms with Crippen LogP contribution in [0.1, 0.15) is 24.3 Å². The Bertz CT molecular complexity index is 717. The van der Waals surface area contributed by atoms with Crippen molar-refractivity contribution >= 4 is 11.6 Å². The quantitative estimate of drug-likeness (QED) is 0.848. The highest BCUT2D eigenvalue weighted by molar-refractivity contribution is 6.30. The summed E-state index contributed by atoms with van der Waals surface area (Å²) in [6.07, 6.45) is 3.48. The van der Waals surface area contributed by atoms with E-state index in [2.05, 4.69) is 20.2 Å². The lowest BCUT2D eigenvalue weighted by atomic mass is 10.1. The molecule has 2 aromatic rings. The van der Waals surface area contributed by atoms with Gasteiger partial charge in [-0.3, -0.25) is 9.78 Å². The van der Waals surface area contributed by atoms with Crippen LogP contribution in [-0.2, 0) is 0 Å². The predicted octanol–water partition coefficient (Wildman–Crippen LogP) is 1.05. The number of nitrogens with zero attached hydrogens (tertiary/aromatic N) is 2. The fourth-order valence-electron chi connectivity index (χ4n) is 1.80. The molecule has 6 nitrogen and oxygen atoms in total. The number of aromatic nitrogens is 4. The van der Waals surface area contributed by atoms with Gasteiger partial charge >= 0.3 is 5.69 Å². The zero-order valence-corrected chi connectivity index (χ0v) is 9.99. The third-order valence-corrected chi connectivity index (χ3v) is 3.18. The Hall–Kier alpha value is -1.95. The molecule has 2 heterocycles. The lowest BCUT2D eigenvalue weighted by molar-refractivity contribution is 0.970. The number of hydrogen-bond donors (Lipinski definition) is 2. The number of nitrogens with one attached hydrogen (secondary N) is 2. The van der Waals surface area contributed by atoms with Crippen LogP contribution in [-0.4, -0.2) is 20.2 Å². The number of halogens is 1. The molecule has 0 aromatic carbocycles. The van der Waals surface area contributed by atoms with Gasteiger partial charge in [-0.2, -0.15) is 0 Å². The Balaban J connectivity index is 2.14. The van der Waals surface area contributed by atoms with Crippen molar-refractivity contribution in [1.82, 2.24) is 20.2 Å². The predicted molar refractivity (Wildman–Crippen MR) is 65.7 cm³/mol. The highest BCUT2D eigenvalue weighted by atomic mass is 35.5. The maximum atomic E-state index is 11.6. The van der Waals surface area contributed by atoms with Gasteiger partial charge < -0.3 is 4.98 Å². The number of rotatable bonds is 2. The summed E-state index contributed by atoms with van der Waals surface area (Å²) in [7, 11) is 0. The molecule has 0 radical (unpaired) electrons. The minimum atomic E-state index is -0.548. The molecule has 7 heteroatoms. The van der Waals surface area contributed by atoms with E-state index in [4.69, 9.17) is 11.6 Å². The normalized spacial score (nSPS) is 14.7. The van der Waals surface area contributed by atoms with Crippen molar-refractivity contribution < 1.29 is 0 Å².